The van der Waals surface area contributed by atoms with Crippen molar-refractivity contribution in [1.29, 1.82) is 0 Å². The van der Waals surface area contributed by atoms with Crippen LogP contribution in [0.3, 0.4) is 0 Å². The summed E-state index contributed by atoms with van der Waals surface area (Å²) in [7, 11) is 0. The van der Waals surface area contributed by atoms with Gasteiger partial charge in [0.05, 0.1) is 0 Å². The molecule has 3 heteroatoms. The fourth-order valence-electron chi connectivity index (χ4n) is 2.01. The van der Waals surface area contributed by atoms with Crippen LogP contribution in [0.25, 0.3) is 10.9 Å². The molecule has 1 aromatic carbocycles. The van der Waals surface area contributed by atoms with E-state index < -0.39 is 0 Å². The normalized spacial score (nSPS) is 13.2. The molecule has 0 saturated heterocycles. The molecule has 0 spiro atoms. The average Bonchev–Trinajstić information content (AvgIpc) is 2.55. The van der Waals surface area contributed by atoms with E-state index in [-0.39, 0.29) is 0 Å². The molecule has 0 saturated carbocycles. The molecule has 0 aliphatic rings. The first-order chi connectivity index (χ1) is 7.65. The Morgan fingerprint density at radius 1 is 1.38 bits per heavy atom. The number of rotatable bonds is 3. The van der Waals surface area contributed by atoms with Crippen LogP contribution in [0.4, 0.5) is 0 Å². The van der Waals surface area contributed by atoms with Gasteiger partial charge in [0.2, 0.25) is 0 Å². The topological polar surface area (TPSA) is 30.9 Å². The molecule has 0 bridgehead atoms. The smallest absolute Gasteiger partial charge is 0.0494 e. The second kappa shape index (κ2) is 4.60. The first kappa shape index (κ1) is 11.7. The van der Waals surface area contributed by atoms with Crippen molar-refractivity contribution >= 4 is 26.8 Å². The van der Waals surface area contributed by atoms with Crippen LogP contribution in [0.2, 0.25) is 0 Å². The van der Waals surface area contributed by atoms with E-state index in [1.807, 2.05) is 0 Å². The first-order valence-electron chi connectivity index (χ1n) is 5.58. The van der Waals surface area contributed by atoms with E-state index in [9.17, 15) is 0 Å². The van der Waals surface area contributed by atoms with Crippen LogP contribution in [0.5, 0.6) is 0 Å². The highest BCUT2D eigenvalue weighted by Gasteiger charge is 2.12. The van der Waals surface area contributed by atoms with Gasteiger partial charge in [-0.25, -0.2) is 0 Å². The predicted molar refractivity (Wildman–Crippen MR) is 72.6 cm³/mol. The summed E-state index contributed by atoms with van der Waals surface area (Å²) in [6.07, 6.45) is 0. The molecule has 86 valence electrons. The number of halogens is 1. The van der Waals surface area contributed by atoms with Crippen LogP contribution in [0, 0.1) is 12.8 Å². The fraction of sp³-hybridized carbons (Fsp3) is 0.385. The molecule has 0 fully saturated rings. The highest BCUT2D eigenvalue weighted by molar-refractivity contribution is 9.10. The Balaban J connectivity index is 2.55. The van der Waals surface area contributed by atoms with Crippen LogP contribution in [-0.4, -0.2) is 11.1 Å². The number of fused-ring (bicyclic) bond motifs is 1. The van der Waals surface area contributed by atoms with Gasteiger partial charge in [0, 0.05) is 27.6 Å². The van der Waals surface area contributed by atoms with Gasteiger partial charge in [-0.05, 0) is 41.4 Å². The zero-order chi connectivity index (χ0) is 11.7. The highest BCUT2D eigenvalue weighted by Crippen LogP contribution is 2.30. The SMILES string of the molecule is Cc1c(Br)c2ccccc2n1CC(C)CN. The molecule has 1 atom stereocenters. The molecule has 0 amide bonds. The van der Waals surface area contributed by atoms with Gasteiger partial charge in [0.15, 0.2) is 0 Å². The van der Waals surface area contributed by atoms with Crippen molar-refractivity contribution in [2.45, 2.75) is 20.4 Å². The Hall–Kier alpha value is -0.800. The fourth-order valence-corrected chi connectivity index (χ4v) is 2.56. The van der Waals surface area contributed by atoms with Crippen molar-refractivity contribution < 1.29 is 0 Å². The van der Waals surface area contributed by atoms with Crippen LogP contribution in [0.15, 0.2) is 28.7 Å². The van der Waals surface area contributed by atoms with Gasteiger partial charge < -0.3 is 10.3 Å². The van der Waals surface area contributed by atoms with Crippen molar-refractivity contribution in [2.75, 3.05) is 6.54 Å². The molecule has 1 heterocycles. The lowest BCUT2D eigenvalue weighted by molar-refractivity contribution is 0.495. The van der Waals surface area contributed by atoms with Crippen molar-refractivity contribution in [2.24, 2.45) is 11.7 Å². The average molecular weight is 281 g/mol. The third-order valence-corrected chi connectivity index (χ3v) is 4.05. The summed E-state index contributed by atoms with van der Waals surface area (Å²) in [5.74, 6) is 0.501. The van der Waals surface area contributed by atoms with Gasteiger partial charge in [-0.2, -0.15) is 0 Å². The van der Waals surface area contributed by atoms with Gasteiger partial charge in [-0.1, -0.05) is 25.1 Å². The van der Waals surface area contributed by atoms with Crippen molar-refractivity contribution in [3.05, 3.63) is 34.4 Å². The summed E-state index contributed by atoms with van der Waals surface area (Å²) in [6.45, 7) is 6.04. The number of para-hydroxylation sites is 1. The summed E-state index contributed by atoms with van der Waals surface area (Å²) < 4.78 is 3.55. The summed E-state index contributed by atoms with van der Waals surface area (Å²) >= 11 is 3.66. The Morgan fingerprint density at radius 3 is 2.75 bits per heavy atom. The van der Waals surface area contributed by atoms with Crippen LogP contribution in [0.1, 0.15) is 12.6 Å². The molecule has 1 unspecified atom stereocenters. The van der Waals surface area contributed by atoms with E-state index in [1.54, 1.807) is 0 Å². The molecule has 2 N–H and O–H groups in total. The molecule has 0 aliphatic heterocycles. The second-order valence-corrected chi connectivity index (χ2v) is 5.16. The lowest BCUT2D eigenvalue weighted by Gasteiger charge is -2.13. The lowest BCUT2D eigenvalue weighted by atomic mass is 10.2. The molecule has 0 radical (unpaired) electrons. The van der Waals surface area contributed by atoms with E-state index in [2.05, 4.69) is 58.6 Å². The number of hydrogen-bond donors (Lipinski definition) is 1. The molecule has 2 rings (SSSR count). The van der Waals surface area contributed by atoms with Crippen molar-refractivity contribution in [3.8, 4) is 0 Å². The predicted octanol–water partition coefficient (Wildman–Crippen LogP) is 3.31. The largest absolute Gasteiger partial charge is 0.343 e. The Morgan fingerprint density at radius 2 is 2.06 bits per heavy atom. The van der Waals surface area contributed by atoms with Crippen molar-refractivity contribution in [1.82, 2.24) is 4.57 Å². The maximum atomic E-state index is 5.70. The highest BCUT2D eigenvalue weighted by atomic mass is 79.9. The number of hydrogen-bond acceptors (Lipinski definition) is 1. The third-order valence-electron chi connectivity index (χ3n) is 3.05. The molecular formula is C13H17BrN2. The van der Waals surface area contributed by atoms with E-state index in [4.69, 9.17) is 5.73 Å². The van der Waals surface area contributed by atoms with Crippen LogP contribution in [-0.2, 0) is 6.54 Å². The van der Waals surface area contributed by atoms with Gasteiger partial charge in [-0.3, -0.25) is 0 Å². The maximum absolute atomic E-state index is 5.70. The third kappa shape index (κ3) is 1.89. The molecule has 2 aromatic rings. The maximum Gasteiger partial charge on any atom is 0.0494 e. The van der Waals surface area contributed by atoms with E-state index >= 15 is 0 Å². The van der Waals surface area contributed by atoms with E-state index in [0.717, 1.165) is 13.1 Å². The summed E-state index contributed by atoms with van der Waals surface area (Å²) in [4.78, 5) is 0. The number of nitrogens with zero attached hydrogens (tertiary/aromatic N) is 1. The van der Waals surface area contributed by atoms with Gasteiger partial charge in [-0.15, -0.1) is 0 Å². The first-order valence-corrected chi connectivity index (χ1v) is 6.37. The quantitative estimate of drug-likeness (QED) is 0.919. The Bertz CT molecular complexity index is 502. The molecule has 16 heavy (non-hydrogen) atoms. The minimum atomic E-state index is 0.501. The molecule has 2 nitrogen and oxygen atoms in total. The van der Waals surface area contributed by atoms with E-state index in [1.165, 1.54) is 21.1 Å². The second-order valence-electron chi connectivity index (χ2n) is 4.37. The zero-order valence-corrected chi connectivity index (χ0v) is 11.3. The molecule has 0 aliphatic carbocycles. The monoisotopic (exact) mass is 280 g/mol. The van der Waals surface area contributed by atoms with Gasteiger partial charge >= 0.3 is 0 Å². The van der Waals surface area contributed by atoms with Crippen LogP contribution < -0.4 is 5.73 Å². The Kier molecular flexibility index (Phi) is 3.36. The minimum Gasteiger partial charge on any atom is -0.343 e. The van der Waals surface area contributed by atoms with Gasteiger partial charge in [0.25, 0.3) is 0 Å². The zero-order valence-electron chi connectivity index (χ0n) is 9.70. The summed E-state index contributed by atoms with van der Waals surface area (Å²) in [5.41, 5.74) is 8.26. The lowest BCUT2D eigenvalue weighted by Crippen LogP contribution is -2.17. The number of nitrogens with two attached hydrogens (primary N) is 1. The standard InChI is InChI=1S/C13H17BrN2/c1-9(7-15)8-16-10(2)13(14)11-5-3-4-6-12(11)16/h3-6,9H,7-8,15H2,1-2H3. The molecule has 1 aromatic heterocycles. The number of aromatic nitrogens is 1. The minimum absolute atomic E-state index is 0.501. The van der Waals surface area contributed by atoms with Crippen molar-refractivity contribution in [3.63, 3.8) is 0 Å². The van der Waals surface area contributed by atoms with Gasteiger partial charge in [0.1, 0.15) is 0 Å². The summed E-state index contributed by atoms with van der Waals surface area (Å²) in [5, 5.41) is 1.28. The summed E-state index contributed by atoms with van der Waals surface area (Å²) in [6, 6.07) is 8.47. The van der Waals surface area contributed by atoms with E-state index in [0.29, 0.717) is 5.92 Å². The van der Waals surface area contributed by atoms with Crippen LogP contribution >= 0.6 is 15.9 Å². The molecular weight excluding hydrogens is 264 g/mol. The number of benzene rings is 1. The Labute approximate surface area is 105 Å².